The van der Waals surface area contributed by atoms with Gasteiger partial charge in [0.05, 0.1) is 6.54 Å². The molecule has 1 aromatic carbocycles. The molecular formula is C21H25N5O4S. The first kappa shape index (κ1) is 21.1. The third kappa shape index (κ3) is 4.18. The Balaban J connectivity index is 1.59. The van der Waals surface area contributed by atoms with Crippen molar-refractivity contribution in [1.82, 2.24) is 9.55 Å². The van der Waals surface area contributed by atoms with E-state index in [1.807, 2.05) is 24.3 Å². The van der Waals surface area contributed by atoms with Crippen molar-refractivity contribution in [2.45, 2.75) is 18.3 Å². The highest BCUT2D eigenvalue weighted by Gasteiger charge is 2.42. The molecule has 0 bridgehead atoms. The number of anilines is 3. The molecule has 1 saturated carbocycles. The van der Waals surface area contributed by atoms with Gasteiger partial charge in [0.1, 0.15) is 11.5 Å². The van der Waals surface area contributed by atoms with Gasteiger partial charge in [-0.05, 0) is 43.0 Å². The van der Waals surface area contributed by atoms with Gasteiger partial charge in [0.15, 0.2) is 9.84 Å². The molecule has 1 unspecified atom stereocenters. The van der Waals surface area contributed by atoms with E-state index in [-0.39, 0.29) is 18.1 Å². The number of nitrogens with one attached hydrogen (secondary N) is 2. The van der Waals surface area contributed by atoms with Gasteiger partial charge >= 0.3 is 5.69 Å². The molecule has 2 heterocycles. The lowest BCUT2D eigenvalue weighted by Crippen LogP contribution is -2.47. The maximum Gasteiger partial charge on any atom is 0.329 e. The SMILES string of the molecule is CN1c2c([nH]c(=O)n(C)c2=O)N(CC#Cc2ccc(NCC3CC3)cc2)C1S(C)(=O)=O. The molecule has 0 saturated heterocycles. The van der Waals surface area contributed by atoms with E-state index in [4.69, 9.17) is 0 Å². The normalized spacial score (nSPS) is 17.8. The quantitative estimate of drug-likeness (QED) is 0.649. The van der Waals surface area contributed by atoms with Gasteiger partial charge in [0.25, 0.3) is 5.56 Å². The van der Waals surface area contributed by atoms with Crippen molar-refractivity contribution in [3.63, 3.8) is 0 Å². The molecule has 2 N–H and O–H groups in total. The summed E-state index contributed by atoms with van der Waals surface area (Å²) in [6, 6.07) is 7.73. The van der Waals surface area contributed by atoms with Crippen LogP contribution < -0.4 is 26.4 Å². The van der Waals surface area contributed by atoms with E-state index in [0.717, 1.165) is 34.5 Å². The zero-order valence-electron chi connectivity index (χ0n) is 17.7. The van der Waals surface area contributed by atoms with Gasteiger partial charge in [0, 0.05) is 38.1 Å². The summed E-state index contributed by atoms with van der Waals surface area (Å²) in [6.45, 7) is 1.01. The predicted octanol–water partition coefficient (Wildman–Crippen LogP) is 0.532. The number of fused-ring (bicyclic) bond motifs is 1. The summed E-state index contributed by atoms with van der Waals surface area (Å²) < 4.78 is 25.8. The highest BCUT2D eigenvalue weighted by Crippen LogP contribution is 2.34. The van der Waals surface area contributed by atoms with Gasteiger partial charge in [-0.1, -0.05) is 11.8 Å². The molecule has 0 radical (unpaired) electrons. The monoisotopic (exact) mass is 443 g/mol. The van der Waals surface area contributed by atoms with Crippen LogP contribution >= 0.6 is 0 Å². The van der Waals surface area contributed by atoms with Crippen LogP contribution in [0, 0.1) is 17.8 Å². The first-order valence-electron chi connectivity index (χ1n) is 10.0. The smallest absolute Gasteiger partial charge is 0.329 e. The lowest BCUT2D eigenvalue weighted by molar-refractivity contribution is 0.582. The Bertz CT molecular complexity index is 1280. The average molecular weight is 444 g/mol. The molecule has 1 fully saturated rings. The Kier molecular flexibility index (Phi) is 5.31. The van der Waals surface area contributed by atoms with Crippen LogP contribution in [0.3, 0.4) is 0 Å². The fourth-order valence-corrected chi connectivity index (χ4v) is 5.03. The van der Waals surface area contributed by atoms with E-state index in [2.05, 4.69) is 22.1 Å². The molecule has 9 nitrogen and oxygen atoms in total. The number of H-pyrrole nitrogens is 1. The number of rotatable bonds is 5. The topological polar surface area (TPSA) is 108 Å². The molecular weight excluding hydrogens is 418 g/mol. The Morgan fingerprint density at radius 3 is 2.45 bits per heavy atom. The second-order valence-corrected chi connectivity index (χ2v) is 10.2. The van der Waals surface area contributed by atoms with Crippen molar-refractivity contribution in [3.05, 3.63) is 50.7 Å². The largest absolute Gasteiger partial charge is 0.385 e. The third-order valence-electron chi connectivity index (χ3n) is 5.54. The molecule has 1 atom stereocenters. The minimum atomic E-state index is -3.61. The first-order valence-corrected chi connectivity index (χ1v) is 12.0. The van der Waals surface area contributed by atoms with E-state index in [1.165, 1.54) is 36.7 Å². The van der Waals surface area contributed by atoms with Crippen LogP contribution in [-0.4, -0.2) is 49.9 Å². The molecule has 4 rings (SSSR count). The number of aromatic amines is 1. The van der Waals surface area contributed by atoms with Crippen molar-refractivity contribution in [3.8, 4) is 11.8 Å². The van der Waals surface area contributed by atoms with Crippen molar-refractivity contribution >= 4 is 27.0 Å². The zero-order valence-corrected chi connectivity index (χ0v) is 18.5. The van der Waals surface area contributed by atoms with E-state index in [1.54, 1.807) is 0 Å². The minimum Gasteiger partial charge on any atom is -0.385 e. The summed E-state index contributed by atoms with van der Waals surface area (Å²) in [5.74, 6) is 6.95. The lowest BCUT2D eigenvalue weighted by Gasteiger charge is -2.26. The number of hydrogen-bond acceptors (Lipinski definition) is 7. The number of sulfone groups is 1. The molecule has 1 aliphatic carbocycles. The maximum atomic E-state index is 12.6. The minimum absolute atomic E-state index is 0.0276. The summed E-state index contributed by atoms with van der Waals surface area (Å²) in [5.41, 5.74) is -0.337. The fraction of sp³-hybridized carbons (Fsp3) is 0.429. The van der Waals surface area contributed by atoms with Crippen LogP contribution in [0.5, 0.6) is 0 Å². The number of benzene rings is 1. The Morgan fingerprint density at radius 1 is 1.16 bits per heavy atom. The van der Waals surface area contributed by atoms with E-state index in [0.29, 0.717) is 0 Å². The summed E-state index contributed by atoms with van der Waals surface area (Å²) in [4.78, 5) is 30.1. The van der Waals surface area contributed by atoms with E-state index in [9.17, 15) is 18.0 Å². The molecule has 2 aliphatic rings. The van der Waals surface area contributed by atoms with Crippen LogP contribution in [-0.2, 0) is 16.9 Å². The number of nitrogens with zero attached hydrogens (tertiary/aromatic N) is 3. The molecule has 1 aromatic heterocycles. The Hall–Kier alpha value is -3.19. The van der Waals surface area contributed by atoms with Crippen LogP contribution in [0.4, 0.5) is 17.2 Å². The summed E-state index contributed by atoms with van der Waals surface area (Å²) in [7, 11) is -0.752. The van der Waals surface area contributed by atoms with Gasteiger partial charge < -0.3 is 15.1 Å². The number of aromatic nitrogens is 2. The lowest BCUT2D eigenvalue weighted by atomic mass is 10.2. The first-order chi connectivity index (χ1) is 14.7. The molecule has 0 spiro atoms. The van der Waals surface area contributed by atoms with E-state index < -0.39 is 26.6 Å². The zero-order chi connectivity index (χ0) is 22.3. The van der Waals surface area contributed by atoms with Crippen LogP contribution in [0.25, 0.3) is 0 Å². The van der Waals surface area contributed by atoms with Gasteiger partial charge in [-0.25, -0.2) is 13.2 Å². The standard InChI is InChI=1S/C21H25N5O4S/c1-24-17-18(23-20(28)25(2)19(17)27)26(21(24)31(3,29)30)12-4-5-14-8-10-16(11-9-14)22-13-15-6-7-15/h8-11,15,21-22H,6-7,12-13H2,1-3H3,(H,23,28). The third-order valence-corrected chi connectivity index (χ3v) is 6.88. The van der Waals surface area contributed by atoms with Crippen molar-refractivity contribution in [1.29, 1.82) is 0 Å². The number of hydrogen-bond donors (Lipinski definition) is 2. The van der Waals surface area contributed by atoms with Gasteiger partial charge in [-0.2, -0.15) is 0 Å². The summed E-state index contributed by atoms with van der Waals surface area (Å²) in [5, 5.41) is 3.39. The molecule has 1 aliphatic heterocycles. The molecule has 2 aromatic rings. The predicted molar refractivity (Wildman–Crippen MR) is 121 cm³/mol. The van der Waals surface area contributed by atoms with Gasteiger partial charge in [-0.3, -0.25) is 14.3 Å². The summed E-state index contributed by atoms with van der Waals surface area (Å²) >= 11 is 0. The molecule has 164 valence electrons. The van der Waals surface area contributed by atoms with E-state index >= 15 is 0 Å². The highest BCUT2D eigenvalue weighted by molar-refractivity contribution is 7.91. The van der Waals surface area contributed by atoms with Gasteiger partial charge in [0.2, 0.25) is 5.50 Å². The second kappa shape index (κ2) is 7.81. The van der Waals surface area contributed by atoms with Crippen molar-refractivity contribution in [2.75, 3.05) is 41.5 Å². The van der Waals surface area contributed by atoms with Crippen molar-refractivity contribution in [2.24, 2.45) is 13.0 Å². The second-order valence-electron chi connectivity index (χ2n) is 8.09. The highest BCUT2D eigenvalue weighted by atomic mass is 32.2. The molecule has 0 amide bonds. The molecule has 10 heteroatoms. The van der Waals surface area contributed by atoms with Crippen LogP contribution in [0.2, 0.25) is 0 Å². The van der Waals surface area contributed by atoms with Crippen LogP contribution in [0.15, 0.2) is 33.9 Å². The fourth-order valence-electron chi connectivity index (χ4n) is 3.71. The van der Waals surface area contributed by atoms with Crippen molar-refractivity contribution < 1.29 is 8.42 Å². The Labute approximate surface area is 180 Å². The van der Waals surface area contributed by atoms with Crippen LogP contribution in [0.1, 0.15) is 18.4 Å². The average Bonchev–Trinajstić information content (AvgIpc) is 3.49. The van der Waals surface area contributed by atoms with Gasteiger partial charge in [-0.15, -0.1) is 0 Å². The molecule has 31 heavy (non-hydrogen) atoms. The summed E-state index contributed by atoms with van der Waals surface area (Å²) in [6.07, 6.45) is 3.67. The maximum absolute atomic E-state index is 12.6. The Morgan fingerprint density at radius 2 is 1.84 bits per heavy atom.